The molecule has 1 N–H and O–H groups in total. The Morgan fingerprint density at radius 2 is 1.93 bits per heavy atom. The van der Waals surface area contributed by atoms with E-state index in [0.29, 0.717) is 43.0 Å². The first-order valence-electron chi connectivity index (χ1n) is 10.9. The number of aromatic nitrogens is 4. The van der Waals surface area contributed by atoms with Gasteiger partial charge in [0.1, 0.15) is 11.7 Å². The summed E-state index contributed by atoms with van der Waals surface area (Å²) in [4.78, 5) is 29.3. The number of benzene rings is 1. The van der Waals surface area contributed by atoms with Crippen LogP contribution < -0.4 is 10.9 Å². The molecule has 2 heterocycles. The average Bonchev–Trinajstić information content (AvgIpc) is 3.19. The predicted molar refractivity (Wildman–Crippen MR) is 116 cm³/mol. The van der Waals surface area contributed by atoms with Crippen molar-refractivity contribution in [3.8, 4) is 0 Å². The third kappa shape index (κ3) is 4.96. The fourth-order valence-corrected chi connectivity index (χ4v) is 4.25. The topological polar surface area (TPSA) is 81.8 Å². The zero-order chi connectivity index (χ0) is 20.8. The molecule has 0 aliphatic heterocycles. The average molecular weight is 408 g/mol. The molecule has 158 valence electrons. The van der Waals surface area contributed by atoms with Gasteiger partial charge in [-0.1, -0.05) is 62.4 Å². The van der Waals surface area contributed by atoms with Crippen molar-refractivity contribution < 1.29 is 4.79 Å². The minimum atomic E-state index is -0.105. The van der Waals surface area contributed by atoms with Gasteiger partial charge in [-0.15, -0.1) is 0 Å². The number of carbonyl (C=O) groups is 1. The molecule has 1 aromatic carbocycles. The Bertz CT molecular complexity index is 1030. The molecule has 1 aliphatic carbocycles. The Kier molecular flexibility index (Phi) is 6.57. The SMILES string of the molecule is O=C(CCC1CCCCC1)NCCn1ncc2c(=O)n(Cc3ccccc3)cnc21. The first kappa shape index (κ1) is 20.3. The lowest BCUT2D eigenvalue weighted by molar-refractivity contribution is -0.121. The monoisotopic (exact) mass is 407 g/mol. The maximum atomic E-state index is 12.8. The van der Waals surface area contributed by atoms with Crippen LogP contribution in [0.15, 0.2) is 47.7 Å². The highest BCUT2D eigenvalue weighted by atomic mass is 16.1. The van der Waals surface area contributed by atoms with Crippen LogP contribution in [0.5, 0.6) is 0 Å². The van der Waals surface area contributed by atoms with Crippen LogP contribution in [-0.4, -0.2) is 31.8 Å². The van der Waals surface area contributed by atoms with Gasteiger partial charge in [0, 0.05) is 13.0 Å². The maximum Gasteiger partial charge on any atom is 0.264 e. The van der Waals surface area contributed by atoms with Crippen molar-refractivity contribution >= 4 is 16.9 Å². The summed E-state index contributed by atoms with van der Waals surface area (Å²) in [5.74, 6) is 0.803. The molecule has 30 heavy (non-hydrogen) atoms. The molecule has 0 atom stereocenters. The summed E-state index contributed by atoms with van der Waals surface area (Å²) >= 11 is 0. The summed E-state index contributed by atoms with van der Waals surface area (Å²) in [6.45, 7) is 1.45. The van der Waals surface area contributed by atoms with E-state index in [1.54, 1.807) is 21.8 Å². The first-order chi connectivity index (χ1) is 14.7. The summed E-state index contributed by atoms with van der Waals surface area (Å²) in [6, 6.07) is 9.82. The second-order valence-electron chi connectivity index (χ2n) is 8.16. The van der Waals surface area contributed by atoms with Crippen LogP contribution in [-0.2, 0) is 17.9 Å². The highest BCUT2D eigenvalue weighted by molar-refractivity contribution is 5.76. The van der Waals surface area contributed by atoms with Crippen molar-refractivity contribution in [3.05, 3.63) is 58.8 Å². The number of hydrogen-bond donors (Lipinski definition) is 1. The molecule has 4 rings (SSSR count). The van der Waals surface area contributed by atoms with Crippen LogP contribution in [0.2, 0.25) is 0 Å². The standard InChI is InChI=1S/C23H29N5O2/c29-21(12-11-18-7-3-1-4-8-18)24-13-14-28-22-20(15-26-28)23(30)27(17-25-22)16-19-9-5-2-6-10-19/h2,5-6,9-10,15,17-18H,1,3-4,7-8,11-14,16H2,(H,24,29). The van der Waals surface area contributed by atoms with Crippen molar-refractivity contribution in [2.75, 3.05) is 6.54 Å². The number of carbonyl (C=O) groups excluding carboxylic acids is 1. The largest absolute Gasteiger partial charge is 0.354 e. The van der Waals surface area contributed by atoms with Gasteiger partial charge in [-0.2, -0.15) is 5.10 Å². The van der Waals surface area contributed by atoms with Crippen LogP contribution in [0.1, 0.15) is 50.5 Å². The quantitative estimate of drug-likeness (QED) is 0.622. The fraction of sp³-hybridized carbons (Fsp3) is 0.478. The maximum absolute atomic E-state index is 12.8. The molecule has 1 saturated carbocycles. The Balaban J connectivity index is 1.32. The molecule has 1 amide bonds. The molecule has 7 heteroatoms. The van der Waals surface area contributed by atoms with Gasteiger partial charge in [0.25, 0.3) is 5.56 Å². The van der Waals surface area contributed by atoms with Crippen LogP contribution in [0, 0.1) is 5.92 Å². The van der Waals surface area contributed by atoms with Crippen LogP contribution >= 0.6 is 0 Å². The lowest BCUT2D eigenvalue weighted by atomic mass is 9.86. The molecule has 0 bridgehead atoms. The summed E-state index contributed by atoms with van der Waals surface area (Å²) in [6.07, 6.45) is 11.2. The van der Waals surface area contributed by atoms with E-state index >= 15 is 0 Å². The Morgan fingerprint density at radius 3 is 2.73 bits per heavy atom. The number of rotatable bonds is 8. The lowest BCUT2D eigenvalue weighted by Crippen LogP contribution is -2.28. The van der Waals surface area contributed by atoms with Gasteiger partial charge in [-0.25, -0.2) is 9.67 Å². The summed E-state index contributed by atoms with van der Waals surface area (Å²) in [5.41, 5.74) is 1.50. The zero-order valence-corrected chi connectivity index (χ0v) is 17.3. The number of fused-ring (bicyclic) bond motifs is 1. The second kappa shape index (κ2) is 9.69. The highest BCUT2D eigenvalue weighted by Gasteiger charge is 2.15. The van der Waals surface area contributed by atoms with Crippen LogP contribution in [0.4, 0.5) is 0 Å². The van der Waals surface area contributed by atoms with E-state index in [9.17, 15) is 9.59 Å². The molecule has 2 aromatic heterocycles. The van der Waals surface area contributed by atoms with Crippen molar-refractivity contribution in [1.82, 2.24) is 24.6 Å². The Morgan fingerprint density at radius 1 is 1.13 bits per heavy atom. The van der Waals surface area contributed by atoms with Crippen molar-refractivity contribution in [3.63, 3.8) is 0 Å². The lowest BCUT2D eigenvalue weighted by Gasteiger charge is -2.20. The normalized spacial score (nSPS) is 14.8. The van der Waals surface area contributed by atoms with Crippen molar-refractivity contribution in [1.29, 1.82) is 0 Å². The highest BCUT2D eigenvalue weighted by Crippen LogP contribution is 2.27. The number of hydrogen-bond acceptors (Lipinski definition) is 4. The van der Waals surface area contributed by atoms with E-state index in [-0.39, 0.29) is 11.5 Å². The first-order valence-corrected chi connectivity index (χ1v) is 10.9. The van der Waals surface area contributed by atoms with Gasteiger partial charge >= 0.3 is 0 Å². The minimum absolute atomic E-state index is 0.0928. The van der Waals surface area contributed by atoms with E-state index in [1.165, 1.54) is 32.1 Å². The number of nitrogens with one attached hydrogen (secondary N) is 1. The molecule has 3 aromatic rings. The smallest absolute Gasteiger partial charge is 0.264 e. The third-order valence-corrected chi connectivity index (χ3v) is 5.97. The predicted octanol–water partition coefficient (Wildman–Crippen LogP) is 3.12. The Labute approximate surface area is 176 Å². The van der Waals surface area contributed by atoms with Crippen LogP contribution in [0.25, 0.3) is 11.0 Å². The molecule has 7 nitrogen and oxygen atoms in total. The molecule has 0 radical (unpaired) electrons. The van der Waals surface area contributed by atoms with E-state index < -0.39 is 0 Å². The summed E-state index contributed by atoms with van der Waals surface area (Å²) in [5, 5.41) is 7.78. The molecule has 1 fully saturated rings. The number of nitrogens with zero attached hydrogens (tertiary/aromatic N) is 4. The number of amides is 1. The molecule has 1 aliphatic rings. The van der Waals surface area contributed by atoms with Gasteiger partial charge < -0.3 is 5.32 Å². The zero-order valence-electron chi connectivity index (χ0n) is 17.3. The second-order valence-corrected chi connectivity index (χ2v) is 8.16. The minimum Gasteiger partial charge on any atom is -0.354 e. The molecule has 0 spiro atoms. The van der Waals surface area contributed by atoms with E-state index in [4.69, 9.17) is 0 Å². The van der Waals surface area contributed by atoms with Gasteiger partial charge in [0.05, 0.1) is 19.3 Å². The van der Waals surface area contributed by atoms with Crippen molar-refractivity contribution in [2.45, 2.75) is 58.0 Å². The van der Waals surface area contributed by atoms with E-state index in [1.807, 2.05) is 30.3 Å². The van der Waals surface area contributed by atoms with Gasteiger partial charge in [0.15, 0.2) is 5.65 Å². The molecular weight excluding hydrogens is 378 g/mol. The molecular formula is C23H29N5O2. The van der Waals surface area contributed by atoms with Crippen LogP contribution in [0.3, 0.4) is 0 Å². The molecule has 0 saturated heterocycles. The van der Waals surface area contributed by atoms with Gasteiger partial charge in [-0.05, 0) is 17.9 Å². The van der Waals surface area contributed by atoms with E-state index in [2.05, 4.69) is 15.4 Å². The van der Waals surface area contributed by atoms with E-state index in [0.717, 1.165) is 12.0 Å². The summed E-state index contributed by atoms with van der Waals surface area (Å²) in [7, 11) is 0. The summed E-state index contributed by atoms with van der Waals surface area (Å²) < 4.78 is 3.28. The molecule has 0 unspecified atom stereocenters. The van der Waals surface area contributed by atoms with Gasteiger partial charge in [0.2, 0.25) is 5.91 Å². The Hall–Kier alpha value is -2.96. The van der Waals surface area contributed by atoms with Gasteiger partial charge in [-0.3, -0.25) is 14.2 Å². The fourth-order valence-electron chi connectivity index (χ4n) is 4.25. The third-order valence-electron chi connectivity index (χ3n) is 5.97. The van der Waals surface area contributed by atoms with Crippen molar-refractivity contribution in [2.24, 2.45) is 5.92 Å².